The fourth-order valence-corrected chi connectivity index (χ4v) is 0.911. The maximum atomic E-state index is 12.9. The van der Waals surface area contributed by atoms with Crippen molar-refractivity contribution in [1.82, 2.24) is 0 Å². The molecule has 0 aliphatic rings. The topological polar surface area (TPSA) is 29.1 Å². The van der Waals surface area contributed by atoms with Crippen molar-refractivity contribution in [3.05, 3.63) is 29.3 Å². The fourth-order valence-electron chi connectivity index (χ4n) is 0.911. The molecule has 2 nitrogen and oxygen atoms in total. The molecule has 0 unspecified atom stereocenters. The van der Waals surface area contributed by atoms with Gasteiger partial charge in [-0.2, -0.15) is 0 Å². The van der Waals surface area contributed by atoms with E-state index in [-0.39, 0.29) is 12.5 Å². The monoisotopic (exact) mass is 221 g/mol. The van der Waals surface area contributed by atoms with Gasteiger partial charge in [0.15, 0.2) is 23.3 Å². The first-order chi connectivity index (χ1) is 6.97. The van der Waals surface area contributed by atoms with Crippen molar-refractivity contribution in [1.29, 1.82) is 0 Å². The third-order valence-corrected chi connectivity index (χ3v) is 1.70. The van der Waals surface area contributed by atoms with Gasteiger partial charge in [-0.3, -0.25) is 4.79 Å². The number of carbonyl (C=O) groups is 1. The average molecular weight is 221 g/mol. The molecule has 1 amide bonds. The highest BCUT2D eigenvalue weighted by atomic mass is 19.2. The van der Waals surface area contributed by atoms with E-state index >= 15 is 0 Å². The summed E-state index contributed by atoms with van der Waals surface area (Å²) in [4.78, 5) is 10.8. The minimum atomic E-state index is -1.62. The third-order valence-electron chi connectivity index (χ3n) is 1.70. The molecule has 1 aromatic carbocycles. The van der Waals surface area contributed by atoms with Crippen LogP contribution in [0.5, 0.6) is 0 Å². The molecular formula is C9H7F4NO. The number of hydrogen-bond acceptors (Lipinski definition) is 1. The van der Waals surface area contributed by atoms with Crippen molar-refractivity contribution in [2.24, 2.45) is 0 Å². The van der Waals surface area contributed by atoms with E-state index < -0.39 is 34.9 Å². The minimum absolute atomic E-state index is 0.0585. The van der Waals surface area contributed by atoms with E-state index in [0.29, 0.717) is 0 Å². The van der Waals surface area contributed by atoms with Crippen molar-refractivity contribution < 1.29 is 22.4 Å². The van der Waals surface area contributed by atoms with Crippen LogP contribution in [0.1, 0.15) is 13.3 Å². The Morgan fingerprint density at radius 3 is 2.07 bits per heavy atom. The zero-order valence-electron chi connectivity index (χ0n) is 7.70. The Balaban J connectivity index is 3.21. The number of halogens is 4. The van der Waals surface area contributed by atoms with Crippen molar-refractivity contribution >= 4 is 11.6 Å². The van der Waals surface area contributed by atoms with Crippen molar-refractivity contribution in [2.45, 2.75) is 13.3 Å². The van der Waals surface area contributed by atoms with Gasteiger partial charge in [-0.1, -0.05) is 6.92 Å². The van der Waals surface area contributed by atoms with Crippen LogP contribution in [0.25, 0.3) is 0 Å². The average Bonchev–Trinajstić information content (AvgIpc) is 2.21. The summed E-state index contributed by atoms with van der Waals surface area (Å²) >= 11 is 0. The van der Waals surface area contributed by atoms with E-state index in [1.54, 1.807) is 5.32 Å². The molecule has 0 aromatic heterocycles. The molecule has 0 heterocycles. The highest BCUT2D eigenvalue weighted by Gasteiger charge is 2.20. The first-order valence-corrected chi connectivity index (χ1v) is 4.10. The number of nitrogens with one attached hydrogen (secondary N) is 1. The summed E-state index contributed by atoms with van der Waals surface area (Å²) in [5, 5.41) is 1.74. The van der Waals surface area contributed by atoms with Gasteiger partial charge < -0.3 is 5.32 Å². The lowest BCUT2D eigenvalue weighted by molar-refractivity contribution is -0.115. The Labute approximate surface area is 82.9 Å². The second kappa shape index (κ2) is 4.29. The van der Waals surface area contributed by atoms with Gasteiger partial charge in [-0.25, -0.2) is 17.6 Å². The lowest BCUT2D eigenvalue weighted by Crippen LogP contribution is -2.14. The van der Waals surface area contributed by atoms with E-state index in [1.165, 1.54) is 6.92 Å². The second-order valence-electron chi connectivity index (χ2n) is 2.74. The zero-order chi connectivity index (χ0) is 11.6. The number of amides is 1. The molecule has 0 atom stereocenters. The molecule has 0 spiro atoms. The van der Waals surface area contributed by atoms with Gasteiger partial charge in [0.1, 0.15) is 5.69 Å². The van der Waals surface area contributed by atoms with Crippen LogP contribution in [0.2, 0.25) is 0 Å². The Bertz CT molecular complexity index is 379. The lowest BCUT2D eigenvalue weighted by atomic mass is 10.2. The standard InChI is InChI=1S/C9H7F4NO/c1-2-6(15)14-9-7(12)4(10)3-5(11)8(9)13/h3H,2H2,1H3,(H,14,15). The van der Waals surface area contributed by atoms with Crippen molar-refractivity contribution in [3.63, 3.8) is 0 Å². The van der Waals surface area contributed by atoms with Crippen LogP contribution < -0.4 is 5.32 Å². The van der Waals surface area contributed by atoms with E-state index in [2.05, 4.69) is 0 Å². The number of hydrogen-bond donors (Lipinski definition) is 1. The number of rotatable bonds is 2. The van der Waals surface area contributed by atoms with E-state index in [9.17, 15) is 22.4 Å². The van der Waals surface area contributed by atoms with Gasteiger partial charge in [0.2, 0.25) is 5.91 Å². The van der Waals surface area contributed by atoms with Crippen LogP contribution in [0.4, 0.5) is 23.2 Å². The normalized spacial score (nSPS) is 10.2. The van der Waals surface area contributed by atoms with Crippen LogP contribution in [0.3, 0.4) is 0 Å². The van der Waals surface area contributed by atoms with Crippen LogP contribution >= 0.6 is 0 Å². The quantitative estimate of drug-likeness (QED) is 0.603. The molecule has 0 fully saturated rings. The van der Waals surface area contributed by atoms with Crippen LogP contribution in [-0.4, -0.2) is 5.91 Å². The van der Waals surface area contributed by atoms with Crippen LogP contribution in [0, 0.1) is 23.3 Å². The summed E-state index contributed by atoms with van der Waals surface area (Å²) in [5.74, 6) is -7.08. The number of anilines is 1. The zero-order valence-corrected chi connectivity index (χ0v) is 7.70. The maximum absolute atomic E-state index is 12.9. The molecule has 1 N–H and O–H groups in total. The molecule has 0 radical (unpaired) electrons. The summed E-state index contributed by atoms with van der Waals surface area (Å²) < 4.78 is 51.2. The molecule has 1 rings (SSSR count). The summed E-state index contributed by atoms with van der Waals surface area (Å²) in [6.45, 7) is 1.43. The van der Waals surface area contributed by atoms with Crippen molar-refractivity contribution in [3.8, 4) is 0 Å². The van der Waals surface area contributed by atoms with Gasteiger partial charge >= 0.3 is 0 Å². The molecule has 0 bridgehead atoms. The van der Waals surface area contributed by atoms with Gasteiger partial charge in [-0.05, 0) is 0 Å². The molecule has 0 saturated carbocycles. The van der Waals surface area contributed by atoms with Crippen LogP contribution in [-0.2, 0) is 4.79 Å². The smallest absolute Gasteiger partial charge is 0.224 e. The number of benzene rings is 1. The third kappa shape index (κ3) is 2.26. The SMILES string of the molecule is CCC(=O)Nc1c(F)c(F)cc(F)c1F. The highest BCUT2D eigenvalue weighted by Crippen LogP contribution is 2.24. The Kier molecular flexibility index (Phi) is 3.28. The molecule has 82 valence electrons. The largest absolute Gasteiger partial charge is 0.321 e. The summed E-state index contributed by atoms with van der Waals surface area (Å²) in [6.07, 6.45) is -0.0585. The fraction of sp³-hybridized carbons (Fsp3) is 0.222. The second-order valence-corrected chi connectivity index (χ2v) is 2.74. The summed E-state index contributed by atoms with van der Waals surface area (Å²) in [7, 11) is 0. The van der Waals surface area contributed by atoms with Gasteiger partial charge in [0, 0.05) is 12.5 Å². The van der Waals surface area contributed by atoms with E-state index in [0.717, 1.165) is 0 Å². The predicted molar refractivity (Wildman–Crippen MR) is 45.2 cm³/mol. The number of carbonyl (C=O) groups excluding carboxylic acids is 1. The van der Waals surface area contributed by atoms with E-state index in [4.69, 9.17) is 0 Å². The van der Waals surface area contributed by atoms with Gasteiger partial charge in [0.05, 0.1) is 0 Å². The molecule has 1 aromatic rings. The molecule has 6 heteroatoms. The Morgan fingerprint density at radius 1 is 1.20 bits per heavy atom. The molecule has 0 saturated heterocycles. The predicted octanol–water partition coefficient (Wildman–Crippen LogP) is 2.59. The molecule has 0 aliphatic heterocycles. The first kappa shape index (κ1) is 11.5. The lowest BCUT2D eigenvalue weighted by Gasteiger charge is -2.07. The summed E-state index contributed by atoms with van der Waals surface area (Å²) in [6, 6.07) is 0.0757. The van der Waals surface area contributed by atoms with Gasteiger partial charge in [0.25, 0.3) is 0 Å². The van der Waals surface area contributed by atoms with E-state index in [1.807, 2.05) is 0 Å². The molecular weight excluding hydrogens is 214 g/mol. The first-order valence-electron chi connectivity index (χ1n) is 4.10. The Hall–Kier alpha value is -1.59. The minimum Gasteiger partial charge on any atom is -0.321 e. The van der Waals surface area contributed by atoms with Crippen LogP contribution in [0.15, 0.2) is 6.07 Å². The van der Waals surface area contributed by atoms with Crippen molar-refractivity contribution in [2.75, 3.05) is 5.32 Å². The highest BCUT2D eigenvalue weighted by molar-refractivity contribution is 5.90. The molecule has 15 heavy (non-hydrogen) atoms. The summed E-state index contributed by atoms with van der Waals surface area (Å²) in [5.41, 5.74) is -1.10. The van der Waals surface area contributed by atoms with Gasteiger partial charge in [-0.15, -0.1) is 0 Å². The molecule has 0 aliphatic carbocycles. The maximum Gasteiger partial charge on any atom is 0.224 e. The Morgan fingerprint density at radius 2 is 1.67 bits per heavy atom.